The van der Waals surface area contributed by atoms with Gasteiger partial charge in [-0.15, -0.1) is 0 Å². The zero-order valence-electron chi connectivity index (χ0n) is 12.6. The maximum Gasteiger partial charge on any atom is 0.257 e. The van der Waals surface area contributed by atoms with Crippen LogP contribution in [0.2, 0.25) is 0 Å². The van der Waals surface area contributed by atoms with Crippen molar-refractivity contribution in [2.45, 2.75) is 25.8 Å². The number of carbonyl (C=O) groups excluding carboxylic acids is 1. The highest BCUT2D eigenvalue weighted by molar-refractivity contribution is 5.99. The molecule has 2 heterocycles. The quantitative estimate of drug-likeness (QED) is 0.889. The summed E-state index contributed by atoms with van der Waals surface area (Å²) in [6, 6.07) is 2.32. The van der Waals surface area contributed by atoms with Crippen molar-refractivity contribution in [3.63, 3.8) is 0 Å². The maximum absolute atomic E-state index is 12.5. The first kappa shape index (κ1) is 14.8. The number of likely N-dealkylation sites (N-methyl/N-ethyl adjacent to an activating group) is 2. The third kappa shape index (κ3) is 3.10. The van der Waals surface area contributed by atoms with Gasteiger partial charge in [0.2, 0.25) is 0 Å². The van der Waals surface area contributed by atoms with Crippen molar-refractivity contribution in [1.29, 1.82) is 0 Å². The zero-order valence-corrected chi connectivity index (χ0v) is 12.6. The molecule has 1 saturated heterocycles. The second kappa shape index (κ2) is 6.70. The fourth-order valence-electron chi connectivity index (χ4n) is 2.91. The van der Waals surface area contributed by atoms with Crippen molar-refractivity contribution in [2.24, 2.45) is 0 Å². The molecule has 1 aliphatic rings. The van der Waals surface area contributed by atoms with Crippen molar-refractivity contribution in [3.05, 3.63) is 24.0 Å². The summed E-state index contributed by atoms with van der Waals surface area (Å²) in [5.74, 6) is 0.0328. The summed E-state index contributed by atoms with van der Waals surface area (Å²) in [5, 5.41) is 3.05. The Kier molecular flexibility index (Phi) is 4.95. The summed E-state index contributed by atoms with van der Waals surface area (Å²) in [7, 11) is 3.70. The van der Waals surface area contributed by atoms with Gasteiger partial charge in [0.25, 0.3) is 5.91 Å². The molecule has 1 N–H and O–H groups in total. The summed E-state index contributed by atoms with van der Waals surface area (Å²) in [5.41, 5.74) is 1.47. The number of amides is 1. The number of aromatic nitrogens is 1. The minimum absolute atomic E-state index is 0.0328. The predicted molar refractivity (Wildman–Crippen MR) is 81.0 cm³/mol. The average molecular weight is 276 g/mol. The second-order valence-corrected chi connectivity index (χ2v) is 5.28. The van der Waals surface area contributed by atoms with Crippen LogP contribution in [-0.4, -0.2) is 60.5 Å². The summed E-state index contributed by atoms with van der Waals surface area (Å²) < 4.78 is 0. The van der Waals surface area contributed by atoms with Crippen molar-refractivity contribution in [3.8, 4) is 0 Å². The van der Waals surface area contributed by atoms with E-state index < -0.39 is 0 Å². The molecule has 0 aliphatic carbocycles. The monoisotopic (exact) mass is 276 g/mol. The van der Waals surface area contributed by atoms with Gasteiger partial charge >= 0.3 is 0 Å². The smallest absolute Gasteiger partial charge is 0.257 e. The number of rotatable bonds is 5. The minimum Gasteiger partial charge on any atom is -0.387 e. The van der Waals surface area contributed by atoms with Gasteiger partial charge in [0, 0.05) is 44.8 Å². The molecule has 1 aliphatic heterocycles. The van der Waals surface area contributed by atoms with Gasteiger partial charge in [0.1, 0.15) is 0 Å². The summed E-state index contributed by atoms with van der Waals surface area (Å²) in [6.07, 6.45) is 5.74. The van der Waals surface area contributed by atoms with Crippen LogP contribution in [0.25, 0.3) is 0 Å². The van der Waals surface area contributed by atoms with Crippen LogP contribution >= 0.6 is 0 Å². The van der Waals surface area contributed by atoms with Crippen molar-refractivity contribution < 1.29 is 4.79 Å². The highest BCUT2D eigenvalue weighted by Gasteiger charge is 2.26. The highest BCUT2D eigenvalue weighted by atomic mass is 16.2. The van der Waals surface area contributed by atoms with E-state index in [2.05, 4.69) is 22.1 Å². The predicted octanol–water partition coefficient (Wildman–Crippen LogP) is 1.68. The van der Waals surface area contributed by atoms with Gasteiger partial charge in [0.15, 0.2) is 0 Å². The van der Waals surface area contributed by atoms with Crippen LogP contribution in [0.3, 0.4) is 0 Å². The fraction of sp³-hybridized carbons (Fsp3) is 0.600. The molecule has 0 aromatic carbocycles. The van der Waals surface area contributed by atoms with E-state index in [1.54, 1.807) is 12.4 Å². The number of hydrogen-bond donors (Lipinski definition) is 1. The van der Waals surface area contributed by atoms with E-state index in [0.29, 0.717) is 11.6 Å². The van der Waals surface area contributed by atoms with Crippen LogP contribution in [0.15, 0.2) is 18.5 Å². The standard InChI is InChI=1S/C15H24N4O/c1-4-19-9-5-6-12(19)11-18(3)15(20)13-10-17-8-7-14(13)16-2/h7-8,10,12H,4-6,9,11H2,1-3H3,(H,16,17). The lowest BCUT2D eigenvalue weighted by atomic mass is 10.1. The Morgan fingerprint density at radius 3 is 3.10 bits per heavy atom. The number of nitrogens with zero attached hydrogens (tertiary/aromatic N) is 3. The number of carbonyl (C=O) groups is 1. The SMILES string of the molecule is CCN1CCCC1CN(C)C(=O)c1cnccc1NC. The van der Waals surface area contributed by atoms with Gasteiger partial charge in [-0.2, -0.15) is 0 Å². The number of hydrogen-bond acceptors (Lipinski definition) is 4. The maximum atomic E-state index is 12.5. The molecular formula is C15H24N4O. The zero-order chi connectivity index (χ0) is 14.5. The molecular weight excluding hydrogens is 252 g/mol. The van der Waals surface area contributed by atoms with Gasteiger partial charge in [-0.25, -0.2) is 0 Å². The molecule has 1 unspecified atom stereocenters. The van der Waals surface area contributed by atoms with Crippen LogP contribution in [-0.2, 0) is 0 Å². The molecule has 0 radical (unpaired) electrons. The third-order valence-electron chi connectivity index (χ3n) is 4.06. The molecule has 1 amide bonds. The molecule has 20 heavy (non-hydrogen) atoms. The third-order valence-corrected chi connectivity index (χ3v) is 4.06. The minimum atomic E-state index is 0.0328. The first-order valence-corrected chi connectivity index (χ1v) is 7.28. The molecule has 1 aromatic rings. The van der Waals surface area contributed by atoms with E-state index >= 15 is 0 Å². The van der Waals surface area contributed by atoms with Gasteiger partial charge in [-0.05, 0) is 32.0 Å². The highest BCUT2D eigenvalue weighted by Crippen LogP contribution is 2.19. The number of likely N-dealkylation sites (tertiary alicyclic amines) is 1. The lowest BCUT2D eigenvalue weighted by molar-refractivity contribution is 0.0755. The first-order valence-electron chi connectivity index (χ1n) is 7.28. The summed E-state index contributed by atoms with van der Waals surface area (Å²) in [4.78, 5) is 20.9. The van der Waals surface area contributed by atoms with Crippen LogP contribution in [0.1, 0.15) is 30.1 Å². The Labute approximate surface area is 121 Å². The number of pyridine rings is 1. The molecule has 5 heteroatoms. The van der Waals surface area contributed by atoms with E-state index in [1.165, 1.54) is 12.8 Å². The largest absolute Gasteiger partial charge is 0.387 e. The molecule has 1 fully saturated rings. The molecule has 2 rings (SSSR count). The first-order chi connectivity index (χ1) is 9.67. The Balaban J connectivity index is 2.05. The normalized spacial score (nSPS) is 19.1. The second-order valence-electron chi connectivity index (χ2n) is 5.28. The molecule has 5 nitrogen and oxygen atoms in total. The van der Waals surface area contributed by atoms with Crippen LogP contribution in [0.5, 0.6) is 0 Å². The van der Waals surface area contributed by atoms with Crippen molar-refractivity contribution in [2.75, 3.05) is 39.0 Å². The molecule has 0 bridgehead atoms. The van der Waals surface area contributed by atoms with E-state index in [9.17, 15) is 4.79 Å². The van der Waals surface area contributed by atoms with Crippen LogP contribution in [0, 0.1) is 0 Å². The Morgan fingerprint density at radius 2 is 2.40 bits per heavy atom. The lowest BCUT2D eigenvalue weighted by Crippen LogP contribution is -2.41. The Bertz CT molecular complexity index is 463. The molecule has 0 saturated carbocycles. The van der Waals surface area contributed by atoms with Gasteiger partial charge < -0.3 is 10.2 Å². The fourth-order valence-corrected chi connectivity index (χ4v) is 2.91. The van der Waals surface area contributed by atoms with E-state index in [4.69, 9.17) is 0 Å². The van der Waals surface area contributed by atoms with Gasteiger partial charge in [0.05, 0.1) is 5.56 Å². The lowest BCUT2D eigenvalue weighted by Gasteiger charge is -2.28. The molecule has 0 spiro atoms. The molecule has 1 aromatic heterocycles. The van der Waals surface area contributed by atoms with Gasteiger partial charge in [-0.1, -0.05) is 6.92 Å². The number of anilines is 1. The molecule has 110 valence electrons. The Hall–Kier alpha value is -1.62. The van der Waals surface area contributed by atoms with Crippen LogP contribution < -0.4 is 5.32 Å². The average Bonchev–Trinajstić information content (AvgIpc) is 2.93. The van der Waals surface area contributed by atoms with Crippen molar-refractivity contribution in [1.82, 2.24) is 14.8 Å². The topological polar surface area (TPSA) is 48.5 Å². The summed E-state index contributed by atoms with van der Waals surface area (Å²) >= 11 is 0. The van der Waals surface area contributed by atoms with Crippen molar-refractivity contribution >= 4 is 11.6 Å². The number of nitrogens with one attached hydrogen (secondary N) is 1. The van der Waals surface area contributed by atoms with E-state index in [1.807, 2.05) is 25.1 Å². The summed E-state index contributed by atoms with van der Waals surface area (Å²) in [6.45, 7) is 5.17. The van der Waals surface area contributed by atoms with E-state index in [0.717, 1.165) is 25.3 Å². The Morgan fingerprint density at radius 1 is 1.60 bits per heavy atom. The molecule has 1 atom stereocenters. The van der Waals surface area contributed by atoms with E-state index in [-0.39, 0.29) is 5.91 Å². The van der Waals surface area contributed by atoms with Crippen LogP contribution in [0.4, 0.5) is 5.69 Å². The van der Waals surface area contributed by atoms with Gasteiger partial charge in [-0.3, -0.25) is 14.7 Å².